The number of halogens is 1. The Bertz CT molecular complexity index is 1130. The molecule has 1 aromatic heterocycles. The highest BCUT2D eigenvalue weighted by atomic mass is 35.5. The molecule has 0 saturated carbocycles. The Labute approximate surface area is 194 Å². The number of rotatable bonds is 9. The SMILES string of the molecule is CCCN(CCC)C(=O)C(=Cc1cn(CC)c2ccccc12)NC(=O)c1ccccc1Cl. The number of nitrogens with zero attached hydrogens (tertiary/aromatic N) is 2. The van der Waals surface area contributed by atoms with Crippen LogP contribution in [0, 0.1) is 0 Å². The molecular formula is C26H30ClN3O2. The zero-order chi connectivity index (χ0) is 23.1. The summed E-state index contributed by atoms with van der Waals surface area (Å²) in [7, 11) is 0. The first kappa shape index (κ1) is 23.6. The van der Waals surface area contributed by atoms with Crippen molar-refractivity contribution in [2.24, 2.45) is 0 Å². The second kappa shape index (κ2) is 11.0. The smallest absolute Gasteiger partial charge is 0.270 e. The van der Waals surface area contributed by atoms with Crippen molar-refractivity contribution in [3.63, 3.8) is 0 Å². The van der Waals surface area contributed by atoms with Gasteiger partial charge in [-0.15, -0.1) is 0 Å². The van der Waals surface area contributed by atoms with Gasteiger partial charge in [-0.05, 0) is 44.0 Å². The molecule has 2 amide bonds. The number of fused-ring (bicyclic) bond motifs is 1. The fourth-order valence-electron chi connectivity index (χ4n) is 3.82. The van der Waals surface area contributed by atoms with Crippen molar-refractivity contribution in [2.45, 2.75) is 40.2 Å². The molecule has 1 heterocycles. The van der Waals surface area contributed by atoms with Crippen molar-refractivity contribution >= 4 is 40.4 Å². The Kier molecular flexibility index (Phi) is 8.12. The molecule has 0 bridgehead atoms. The van der Waals surface area contributed by atoms with Gasteiger partial charge in [-0.25, -0.2) is 0 Å². The van der Waals surface area contributed by atoms with Crippen LogP contribution in [0.3, 0.4) is 0 Å². The van der Waals surface area contributed by atoms with Crippen molar-refractivity contribution < 1.29 is 9.59 Å². The van der Waals surface area contributed by atoms with Crippen molar-refractivity contribution in [2.75, 3.05) is 13.1 Å². The van der Waals surface area contributed by atoms with Crippen molar-refractivity contribution in [3.8, 4) is 0 Å². The van der Waals surface area contributed by atoms with Gasteiger partial charge >= 0.3 is 0 Å². The van der Waals surface area contributed by atoms with Crippen LogP contribution in [0.4, 0.5) is 0 Å². The van der Waals surface area contributed by atoms with Gasteiger partial charge in [0, 0.05) is 42.3 Å². The molecule has 0 aliphatic carbocycles. The number of hydrogen-bond donors (Lipinski definition) is 1. The first-order chi connectivity index (χ1) is 15.5. The molecule has 0 fully saturated rings. The zero-order valence-corrected chi connectivity index (χ0v) is 19.7. The third-order valence-electron chi connectivity index (χ3n) is 5.33. The Balaban J connectivity index is 2.07. The van der Waals surface area contributed by atoms with E-state index >= 15 is 0 Å². The molecule has 0 atom stereocenters. The summed E-state index contributed by atoms with van der Waals surface area (Å²) >= 11 is 6.23. The van der Waals surface area contributed by atoms with Crippen molar-refractivity contribution in [3.05, 3.63) is 76.6 Å². The molecule has 0 saturated heterocycles. The minimum absolute atomic E-state index is 0.192. The maximum Gasteiger partial charge on any atom is 0.270 e. The number of carbonyl (C=O) groups excluding carboxylic acids is 2. The molecule has 3 aromatic rings. The number of benzene rings is 2. The predicted octanol–water partition coefficient (Wildman–Crippen LogP) is 5.73. The average Bonchev–Trinajstić information content (AvgIpc) is 3.16. The van der Waals surface area contributed by atoms with Gasteiger partial charge < -0.3 is 14.8 Å². The lowest BCUT2D eigenvalue weighted by atomic mass is 10.1. The van der Waals surface area contributed by atoms with E-state index in [1.165, 1.54) is 0 Å². The molecular weight excluding hydrogens is 422 g/mol. The highest BCUT2D eigenvalue weighted by Gasteiger charge is 2.21. The average molecular weight is 452 g/mol. The minimum Gasteiger partial charge on any atom is -0.347 e. The van der Waals surface area contributed by atoms with E-state index in [-0.39, 0.29) is 11.6 Å². The second-order valence-corrected chi connectivity index (χ2v) is 8.08. The lowest BCUT2D eigenvalue weighted by molar-refractivity contribution is -0.127. The van der Waals surface area contributed by atoms with Crippen LogP contribution >= 0.6 is 11.6 Å². The van der Waals surface area contributed by atoms with E-state index in [0.717, 1.165) is 35.9 Å². The third kappa shape index (κ3) is 5.22. The summed E-state index contributed by atoms with van der Waals surface area (Å²) in [4.78, 5) is 28.3. The summed E-state index contributed by atoms with van der Waals surface area (Å²) in [6.07, 6.45) is 5.48. The van der Waals surface area contributed by atoms with E-state index in [4.69, 9.17) is 11.6 Å². The molecule has 0 spiro atoms. The predicted molar refractivity (Wildman–Crippen MR) is 132 cm³/mol. The summed E-state index contributed by atoms with van der Waals surface area (Å²) in [5.74, 6) is -0.593. The fourth-order valence-corrected chi connectivity index (χ4v) is 4.04. The van der Waals surface area contributed by atoms with Gasteiger partial charge in [0.2, 0.25) is 0 Å². The van der Waals surface area contributed by atoms with Gasteiger partial charge in [-0.2, -0.15) is 0 Å². The van der Waals surface area contributed by atoms with Gasteiger partial charge in [-0.1, -0.05) is 55.8 Å². The third-order valence-corrected chi connectivity index (χ3v) is 5.66. The molecule has 2 aromatic carbocycles. The van der Waals surface area contributed by atoms with E-state index in [1.54, 1.807) is 35.2 Å². The lowest BCUT2D eigenvalue weighted by Gasteiger charge is -2.23. The molecule has 1 N–H and O–H groups in total. The van der Waals surface area contributed by atoms with E-state index in [0.29, 0.717) is 23.7 Å². The molecule has 32 heavy (non-hydrogen) atoms. The highest BCUT2D eigenvalue weighted by molar-refractivity contribution is 6.34. The Hall–Kier alpha value is -3.05. The Morgan fingerprint density at radius 1 is 1.00 bits per heavy atom. The van der Waals surface area contributed by atoms with E-state index < -0.39 is 5.91 Å². The van der Waals surface area contributed by atoms with Crippen LogP contribution in [0.15, 0.2) is 60.4 Å². The molecule has 6 heteroatoms. The lowest BCUT2D eigenvalue weighted by Crippen LogP contribution is -2.39. The molecule has 3 rings (SSSR count). The number of nitrogens with one attached hydrogen (secondary N) is 1. The highest BCUT2D eigenvalue weighted by Crippen LogP contribution is 2.24. The second-order valence-electron chi connectivity index (χ2n) is 7.67. The number of aromatic nitrogens is 1. The molecule has 0 unspecified atom stereocenters. The van der Waals surface area contributed by atoms with Crippen LogP contribution in [0.5, 0.6) is 0 Å². The van der Waals surface area contributed by atoms with Crippen molar-refractivity contribution in [1.82, 2.24) is 14.8 Å². The maximum atomic E-state index is 13.5. The Morgan fingerprint density at radius 2 is 1.66 bits per heavy atom. The first-order valence-electron chi connectivity index (χ1n) is 11.1. The number of carbonyl (C=O) groups is 2. The molecule has 0 radical (unpaired) electrons. The van der Waals surface area contributed by atoms with Gasteiger partial charge in [0.25, 0.3) is 11.8 Å². The normalized spacial score (nSPS) is 11.6. The van der Waals surface area contributed by atoms with Gasteiger partial charge in [-0.3, -0.25) is 9.59 Å². The zero-order valence-electron chi connectivity index (χ0n) is 18.9. The van der Waals surface area contributed by atoms with Gasteiger partial charge in [0.15, 0.2) is 0 Å². The largest absolute Gasteiger partial charge is 0.347 e. The quantitative estimate of drug-likeness (QED) is 0.422. The molecule has 5 nitrogen and oxygen atoms in total. The molecule has 168 valence electrons. The van der Waals surface area contributed by atoms with Crippen LogP contribution < -0.4 is 5.32 Å². The van der Waals surface area contributed by atoms with E-state index in [1.807, 2.05) is 38.2 Å². The van der Waals surface area contributed by atoms with Crippen LogP contribution in [-0.4, -0.2) is 34.4 Å². The summed E-state index contributed by atoms with van der Waals surface area (Å²) in [5.41, 5.74) is 2.56. The number of hydrogen-bond acceptors (Lipinski definition) is 2. The summed E-state index contributed by atoms with van der Waals surface area (Å²) in [5, 5.41) is 4.23. The van der Waals surface area contributed by atoms with Crippen LogP contribution in [0.2, 0.25) is 5.02 Å². The topological polar surface area (TPSA) is 54.3 Å². The summed E-state index contributed by atoms with van der Waals surface area (Å²) in [6.45, 7) is 8.22. The summed E-state index contributed by atoms with van der Waals surface area (Å²) in [6, 6.07) is 14.9. The van der Waals surface area contributed by atoms with Crippen LogP contribution in [0.25, 0.3) is 17.0 Å². The molecule has 0 aliphatic rings. The number of amides is 2. The summed E-state index contributed by atoms with van der Waals surface area (Å²) < 4.78 is 2.13. The van der Waals surface area contributed by atoms with Crippen molar-refractivity contribution in [1.29, 1.82) is 0 Å². The van der Waals surface area contributed by atoms with Crippen LogP contribution in [-0.2, 0) is 11.3 Å². The number of para-hydroxylation sites is 1. The maximum absolute atomic E-state index is 13.5. The monoisotopic (exact) mass is 451 g/mol. The van der Waals surface area contributed by atoms with Gasteiger partial charge in [0.1, 0.15) is 5.70 Å². The minimum atomic E-state index is -0.401. The van der Waals surface area contributed by atoms with Crippen LogP contribution in [0.1, 0.15) is 49.5 Å². The first-order valence-corrected chi connectivity index (χ1v) is 11.5. The Morgan fingerprint density at radius 3 is 2.31 bits per heavy atom. The standard InChI is InChI=1S/C26H30ClN3O2/c1-4-15-30(16-5-2)26(32)23(28-25(31)21-12-7-9-13-22(21)27)17-19-18-29(6-3)24-14-10-8-11-20(19)24/h7-14,17-18H,4-6,15-16H2,1-3H3,(H,28,31). The van der Waals surface area contributed by atoms with Gasteiger partial charge in [0.05, 0.1) is 10.6 Å². The fraction of sp³-hybridized carbons (Fsp3) is 0.308. The molecule has 0 aliphatic heterocycles. The van der Waals surface area contributed by atoms with E-state index in [9.17, 15) is 9.59 Å². The van der Waals surface area contributed by atoms with E-state index in [2.05, 4.69) is 22.9 Å². The number of aryl methyl sites for hydroxylation is 1.